The third-order valence-electron chi connectivity index (χ3n) is 3.98. The van der Waals surface area contributed by atoms with E-state index in [2.05, 4.69) is 15.0 Å². The topological polar surface area (TPSA) is 38.7 Å². The third kappa shape index (κ3) is 3.48. The van der Waals surface area contributed by atoms with Crippen LogP contribution in [0.15, 0.2) is 96.8 Å². The molecule has 1 heterocycles. The van der Waals surface area contributed by atoms with Gasteiger partial charge in [0, 0.05) is 21.7 Å². The van der Waals surface area contributed by atoms with E-state index >= 15 is 0 Å². The lowest BCUT2D eigenvalue weighted by Gasteiger charge is -2.10. The summed E-state index contributed by atoms with van der Waals surface area (Å²) in [5, 5.41) is -0.292. The molecule has 4 heteroatoms. The number of hydrogen-bond donors (Lipinski definition) is 0. The van der Waals surface area contributed by atoms with E-state index in [1.807, 2.05) is 0 Å². The summed E-state index contributed by atoms with van der Waals surface area (Å²) in [7, 11) is 0. The summed E-state index contributed by atoms with van der Waals surface area (Å²) < 4.78 is 99.5. The second-order valence-electron chi connectivity index (χ2n) is 5.82. The predicted octanol–water partition coefficient (Wildman–Crippen LogP) is 6.68. The van der Waals surface area contributed by atoms with Gasteiger partial charge in [0.2, 0.25) is 0 Å². The van der Waals surface area contributed by atoms with Crippen LogP contribution in [-0.4, -0.2) is 15.0 Å². The summed E-state index contributed by atoms with van der Waals surface area (Å²) in [4.78, 5) is 13.1. The van der Waals surface area contributed by atoms with Gasteiger partial charge in [-0.25, -0.2) is 15.0 Å². The van der Waals surface area contributed by atoms with E-state index in [0.29, 0.717) is 10.6 Å². The highest BCUT2D eigenvalue weighted by atomic mass is 35.5. The van der Waals surface area contributed by atoms with Gasteiger partial charge in [-0.15, -0.1) is 0 Å². The average molecular weight is 406 g/mol. The Hall–Kier alpha value is -3.56. The Morgan fingerprint density at radius 1 is 0.655 bits per heavy atom. The van der Waals surface area contributed by atoms with E-state index in [4.69, 9.17) is 28.1 Å². The number of nitrogens with zero attached hydrogens (tertiary/aromatic N) is 3. The van der Waals surface area contributed by atoms with Gasteiger partial charge in [0.1, 0.15) is 0 Å². The van der Waals surface area contributed by atoms with Gasteiger partial charge in [0.25, 0.3) is 0 Å². The lowest BCUT2D eigenvalue weighted by molar-refractivity contribution is 1.08. The fourth-order valence-electron chi connectivity index (χ4n) is 2.70. The molecule has 0 amide bonds. The van der Waals surface area contributed by atoms with Crippen LogP contribution in [0, 0.1) is 0 Å². The van der Waals surface area contributed by atoms with Gasteiger partial charge in [-0.2, -0.15) is 0 Å². The summed E-state index contributed by atoms with van der Waals surface area (Å²) in [6.45, 7) is 0. The minimum atomic E-state index is -0.647. The summed E-state index contributed by atoms with van der Waals surface area (Å²) >= 11 is 6.17. The highest BCUT2D eigenvalue weighted by Gasteiger charge is 2.14. The molecule has 4 aromatic carbocycles. The molecule has 0 saturated carbocycles. The maximum Gasteiger partial charge on any atom is 0.164 e. The van der Waals surface area contributed by atoms with E-state index in [0.717, 1.165) is 0 Å². The van der Waals surface area contributed by atoms with Crippen LogP contribution in [0.3, 0.4) is 0 Å². The van der Waals surface area contributed by atoms with Crippen LogP contribution >= 0.6 is 11.6 Å². The second kappa shape index (κ2) is 7.46. The van der Waals surface area contributed by atoms with E-state index < -0.39 is 72.5 Å². The van der Waals surface area contributed by atoms with Gasteiger partial charge >= 0.3 is 0 Å². The molecule has 0 atom stereocenters. The molecule has 0 aliphatic heterocycles. The van der Waals surface area contributed by atoms with Crippen molar-refractivity contribution in [1.82, 2.24) is 15.0 Å². The number of hydrogen-bond acceptors (Lipinski definition) is 3. The van der Waals surface area contributed by atoms with Crippen molar-refractivity contribution in [3.8, 4) is 34.2 Å². The van der Waals surface area contributed by atoms with Crippen LogP contribution in [0.1, 0.15) is 16.4 Å². The second-order valence-corrected chi connectivity index (χ2v) is 6.25. The molecular formula is C25H16ClN3. The van der Waals surface area contributed by atoms with E-state index in [1.54, 1.807) is 18.2 Å². The monoisotopic (exact) mass is 405 g/mol. The van der Waals surface area contributed by atoms with Gasteiger partial charge < -0.3 is 0 Å². The Kier molecular flexibility index (Phi) is 2.27. The van der Waals surface area contributed by atoms with Crippen molar-refractivity contribution >= 4 is 22.4 Å². The summed E-state index contributed by atoms with van der Waals surface area (Å²) in [6.07, 6.45) is 0. The molecule has 0 bridgehead atoms. The van der Waals surface area contributed by atoms with Crippen LogP contribution in [-0.2, 0) is 0 Å². The molecule has 138 valence electrons. The zero-order valence-electron chi connectivity index (χ0n) is 26.5. The van der Waals surface area contributed by atoms with Crippen molar-refractivity contribution in [2.24, 2.45) is 0 Å². The number of rotatable bonds is 3. The normalized spacial score (nSPS) is 16.7. The Labute approximate surface area is 190 Å². The minimum Gasteiger partial charge on any atom is -0.208 e. The molecule has 0 aliphatic rings. The Morgan fingerprint density at radius 2 is 1.34 bits per heavy atom. The molecule has 0 saturated heterocycles. The Morgan fingerprint density at radius 3 is 2.17 bits per heavy atom. The number of halogens is 1. The molecule has 0 aliphatic carbocycles. The predicted molar refractivity (Wildman–Crippen MR) is 119 cm³/mol. The van der Waals surface area contributed by atoms with E-state index in [1.165, 1.54) is 6.07 Å². The molecule has 5 rings (SSSR count). The fourth-order valence-corrected chi connectivity index (χ4v) is 2.89. The van der Waals surface area contributed by atoms with Crippen molar-refractivity contribution < 1.29 is 16.4 Å². The van der Waals surface area contributed by atoms with Gasteiger partial charge in [-0.05, 0) is 22.9 Å². The molecule has 0 radical (unpaired) electrons. The largest absolute Gasteiger partial charge is 0.208 e. The third-order valence-corrected chi connectivity index (χ3v) is 4.21. The molecule has 1 aromatic heterocycles. The first kappa shape index (κ1) is 8.85. The number of aromatic nitrogens is 3. The van der Waals surface area contributed by atoms with Crippen LogP contribution in [0.25, 0.3) is 44.9 Å². The minimum absolute atomic E-state index is 0.0887. The standard InChI is InChI=1S/C25H16ClN3/c26-20-13-6-12-19(16-20)24-27-23(18-9-2-1-3-10-18)28-25(29-24)22-15-7-11-17-8-4-5-14-21(17)22/h1-16H/i1D,2D,3D,4D,5D,7D,8D,9D,10D,11D,14D,15D. The van der Waals surface area contributed by atoms with Gasteiger partial charge in [0.15, 0.2) is 17.5 Å². The highest BCUT2D eigenvalue weighted by molar-refractivity contribution is 6.30. The fraction of sp³-hybridized carbons (Fsp3) is 0. The zero-order chi connectivity index (χ0) is 30.1. The Balaban J connectivity index is 1.99. The lowest BCUT2D eigenvalue weighted by atomic mass is 10.0. The van der Waals surface area contributed by atoms with E-state index in [9.17, 15) is 0 Å². The van der Waals surface area contributed by atoms with Crippen LogP contribution < -0.4 is 0 Å². The molecule has 29 heavy (non-hydrogen) atoms. The molecule has 0 N–H and O–H groups in total. The van der Waals surface area contributed by atoms with Gasteiger partial charge in [0.05, 0.1) is 16.4 Å². The highest BCUT2D eigenvalue weighted by Crippen LogP contribution is 2.30. The van der Waals surface area contributed by atoms with Crippen molar-refractivity contribution in [2.45, 2.75) is 0 Å². The average Bonchev–Trinajstić information content (AvgIpc) is 2.95. The van der Waals surface area contributed by atoms with Gasteiger partial charge in [-0.3, -0.25) is 0 Å². The SMILES string of the molecule is [2H]c1c([2H])c([2H])c(-c2nc(-c3cccc(Cl)c3)nc(-c3c([2H])c([2H])c([2H])c4c([2H])c([2H])c([2H])c([2H])c34)n2)c([2H])c1[2H]. The Bertz CT molecular complexity index is 1910. The smallest absolute Gasteiger partial charge is 0.164 e. The quantitative estimate of drug-likeness (QED) is 0.336. The molecule has 5 aromatic rings. The first-order chi connectivity index (χ1) is 19.3. The molecule has 0 spiro atoms. The van der Waals surface area contributed by atoms with Crippen LogP contribution in [0.4, 0.5) is 0 Å². The van der Waals surface area contributed by atoms with E-state index in [-0.39, 0.29) is 39.4 Å². The maximum absolute atomic E-state index is 8.67. The number of benzene rings is 4. The van der Waals surface area contributed by atoms with Crippen molar-refractivity contribution in [3.63, 3.8) is 0 Å². The van der Waals surface area contributed by atoms with Crippen LogP contribution in [0.5, 0.6) is 0 Å². The molecule has 0 unspecified atom stereocenters. The van der Waals surface area contributed by atoms with Crippen molar-refractivity contribution in [3.05, 3.63) is 102 Å². The molecule has 0 fully saturated rings. The lowest BCUT2D eigenvalue weighted by Crippen LogP contribution is -2.00. The van der Waals surface area contributed by atoms with Crippen molar-refractivity contribution in [2.75, 3.05) is 0 Å². The summed E-state index contributed by atoms with van der Waals surface area (Å²) in [5.41, 5.74) is -0.355. The maximum atomic E-state index is 8.67. The first-order valence-corrected chi connectivity index (χ1v) is 8.73. The summed E-state index contributed by atoms with van der Waals surface area (Å²) in [5.74, 6) is -0.837. The molecular weight excluding hydrogens is 378 g/mol. The molecule has 3 nitrogen and oxygen atoms in total. The summed E-state index contributed by atoms with van der Waals surface area (Å²) in [6, 6.07) is -1.13. The van der Waals surface area contributed by atoms with Gasteiger partial charge in [-0.1, -0.05) is 96.2 Å². The number of fused-ring (bicyclic) bond motifs is 1. The zero-order valence-corrected chi connectivity index (χ0v) is 15.3. The van der Waals surface area contributed by atoms with Crippen LogP contribution in [0.2, 0.25) is 5.02 Å². The van der Waals surface area contributed by atoms with Crippen molar-refractivity contribution in [1.29, 1.82) is 0 Å². The first-order valence-electron chi connectivity index (χ1n) is 14.4.